The summed E-state index contributed by atoms with van der Waals surface area (Å²) in [5.74, 6) is -1.09. The van der Waals surface area contributed by atoms with Crippen molar-refractivity contribution in [3.05, 3.63) is 82.3 Å². The van der Waals surface area contributed by atoms with E-state index in [1.807, 2.05) is 30.3 Å². The van der Waals surface area contributed by atoms with E-state index in [1.54, 1.807) is 37.3 Å². The van der Waals surface area contributed by atoms with E-state index in [4.69, 9.17) is 0 Å². The van der Waals surface area contributed by atoms with Crippen LogP contribution in [0.15, 0.2) is 65.5 Å². The molecule has 2 N–H and O–H groups in total. The first kappa shape index (κ1) is 18.1. The van der Waals surface area contributed by atoms with E-state index in [0.29, 0.717) is 17.3 Å². The fraction of sp³-hybridized carbons (Fsp3) is 0.100. The molecule has 2 aromatic carbocycles. The van der Waals surface area contributed by atoms with Gasteiger partial charge in [-0.3, -0.25) is 25.2 Å². The molecule has 136 valence electrons. The maximum Gasteiger partial charge on any atom is 0.290 e. The first-order valence-electron chi connectivity index (χ1n) is 8.43. The lowest BCUT2D eigenvalue weighted by Crippen LogP contribution is -2.42. The molecule has 0 aliphatic heterocycles. The molecule has 7 heteroatoms. The molecule has 0 atom stereocenters. The Morgan fingerprint density at radius 2 is 1.67 bits per heavy atom. The van der Waals surface area contributed by atoms with Gasteiger partial charge in [-0.2, -0.15) is 5.10 Å². The van der Waals surface area contributed by atoms with E-state index in [9.17, 15) is 14.4 Å². The van der Waals surface area contributed by atoms with Crippen molar-refractivity contribution >= 4 is 28.7 Å². The number of carbonyl (C=O) groups is 2. The van der Waals surface area contributed by atoms with Gasteiger partial charge in [-0.1, -0.05) is 48.5 Å². The molecule has 0 aliphatic carbocycles. The summed E-state index contributed by atoms with van der Waals surface area (Å²) in [7, 11) is 0. The maximum atomic E-state index is 12.5. The maximum absolute atomic E-state index is 12.5. The van der Waals surface area contributed by atoms with Crippen molar-refractivity contribution in [2.24, 2.45) is 0 Å². The van der Waals surface area contributed by atoms with Gasteiger partial charge in [0.25, 0.3) is 17.4 Å². The number of carbonyl (C=O) groups excluding carboxylic acids is 2. The van der Waals surface area contributed by atoms with Crippen LogP contribution in [0.25, 0.3) is 16.8 Å². The van der Waals surface area contributed by atoms with Crippen LogP contribution >= 0.6 is 0 Å². The minimum absolute atomic E-state index is 0.0689. The number of fused-ring (bicyclic) bond motifs is 1. The summed E-state index contributed by atoms with van der Waals surface area (Å²) < 4.78 is 1.22. The second-order valence-corrected chi connectivity index (χ2v) is 5.70. The van der Waals surface area contributed by atoms with E-state index in [-0.39, 0.29) is 11.3 Å². The van der Waals surface area contributed by atoms with E-state index >= 15 is 0 Å². The van der Waals surface area contributed by atoms with E-state index in [2.05, 4.69) is 16.0 Å². The average Bonchev–Trinajstić information content (AvgIpc) is 2.71. The van der Waals surface area contributed by atoms with Gasteiger partial charge < -0.3 is 0 Å². The summed E-state index contributed by atoms with van der Waals surface area (Å²) in [5.41, 5.74) is 5.31. The Bertz CT molecular complexity index is 1070. The van der Waals surface area contributed by atoms with Gasteiger partial charge in [0.15, 0.2) is 5.69 Å². The zero-order chi connectivity index (χ0) is 19.2. The van der Waals surface area contributed by atoms with Crippen LogP contribution < -0.4 is 16.4 Å². The molecule has 0 fully saturated rings. The number of nitrogens with one attached hydrogen (secondary N) is 2. The highest BCUT2D eigenvalue weighted by Gasteiger charge is 2.16. The van der Waals surface area contributed by atoms with Crippen molar-refractivity contribution < 1.29 is 9.59 Å². The highest BCUT2D eigenvalue weighted by Crippen LogP contribution is 2.12. The zero-order valence-corrected chi connectivity index (χ0v) is 14.7. The Morgan fingerprint density at radius 1 is 1.00 bits per heavy atom. The lowest BCUT2D eigenvalue weighted by atomic mass is 10.1. The lowest BCUT2D eigenvalue weighted by Gasteiger charge is -2.10. The number of hydrazine groups is 1. The van der Waals surface area contributed by atoms with Gasteiger partial charge in [-0.05, 0) is 24.6 Å². The number of amides is 2. The fourth-order valence-electron chi connectivity index (χ4n) is 2.57. The molecule has 3 aromatic rings. The molecular weight excluding hydrogens is 344 g/mol. The number of hydrogen-bond acceptors (Lipinski definition) is 4. The Hall–Kier alpha value is -3.74. The Balaban J connectivity index is 1.77. The van der Waals surface area contributed by atoms with Crippen LogP contribution in [0.2, 0.25) is 0 Å². The van der Waals surface area contributed by atoms with Gasteiger partial charge in [-0.15, -0.1) is 0 Å². The van der Waals surface area contributed by atoms with Gasteiger partial charge in [-0.25, -0.2) is 4.68 Å². The van der Waals surface area contributed by atoms with E-state index in [1.165, 1.54) is 10.8 Å². The summed E-state index contributed by atoms with van der Waals surface area (Å²) in [6.07, 6.45) is 2.94. The highest BCUT2D eigenvalue weighted by molar-refractivity contribution is 6.05. The Kier molecular flexibility index (Phi) is 5.41. The fourth-order valence-corrected chi connectivity index (χ4v) is 2.57. The molecule has 0 bridgehead atoms. The van der Waals surface area contributed by atoms with Crippen LogP contribution in [0, 0.1) is 0 Å². The monoisotopic (exact) mass is 362 g/mol. The smallest absolute Gasteiger partial charge is 0.268 e. The normalized spacial score (nSPS) is 10.9. The van der Waals surface area contributed by atoms with Gasteiger partial charge in [0.05, 0.1) is 5.39 Å². The van der Waals surface area contributed by atoms with Crippen LogP contribution in [0.1, 0.15) is 23.0 Å². The number of benzene rings is 2. The third kappa shape index (κ3) is 4.09. The first-order valence-corrected chi connectivity index (χ1v) is 8.43. The Morgan fingerprint density at radius 3 is 2.37 bits per heavy atom. The first-order chi connectivity index (χ1) is 13.1. The van der Waals surface area contributed by atoms with Crippen LogP contribution in [0.4, 0.5) is 0 Å². The summed E-state index contributed by atoms with van der Waals surface area (Å²) in [5, 5.41) is 4.94. The van der Waals surface area contributed by atoms with Crippen LogP contribution in [0.3, 0.4) is 0 Å². The lowest BCUT2D eigenvalue weighted by molar-refractivity contribution is -0.117. The van der Waals surface area contributed by atoms with Crippen molar-refractivity contribution in [3.63, 3.8) is 0 Å². The third-order valence-electron chi connectivity index (χ3n) is 3.91. The number of rotatable bonds is 4. The molecule has 0 unspecified atom stereocenters. The molecule has 0 saturated heterocycles. The quantitative estimate of drug-likeness (QED) is 0.547. The third-order valence-corrected chi connectivity index (χ3v) is 3.91. The summed E-state index contributed by atoms with van der Waals surface area (Å²) in [4.78, 5) is 36.7. The van der Waals surface area contributed by atoms with Gasteiger partial charge in [0, 0.05) is 18.0 Å². The molecule has 3 rings (SSSR count). The Labute approximate surface area is 155 Å². The predicted octanol–water partition coefficient (Wildman–Crippen LogP) is 1.89. The molecular formula is C20H18N4O3. The molecule has 1 aromatic heterocycles. The number of nitrogens with zero attached hydrogens (tertiary/aromatic N) is 2. The van der Waals surface area contributed by atoms with Gasteiger partial charge >= 0.3 is 0 Å². The highest BCUT2D eigenvalue weighted by atomic mass is 16.2. The molecule has 0 aliphatic rings. The summed E-state index contributed by atoms with van der Waals surface area (Å²) in [6.45, 7) is 2.09. The molecule has 27 heavy (non-hydrogen) atoms. The number of hydrogen-bond donors (Lipinski definition) is 2. The average molecular weight is 362 g/mol. The van der Waals surface area contributed by atoms with Crippen LogP contribution in [-0.2, 0) is 11.3 Å². The number of aromatic nitrogens is 2. The van der Waals surface area contributed by atoms with Crippen molar-refractivity contribution in [2.45, 2.75) is 13.5 Å². The minimum Gasteiger partial charge on any atom is -0.268 e. The number of aryl methyl sites for hydroxylation is 1. The van der Waals surface area contributed by atoms with Gasteiger partial charge in [0.2, 0.25) is 0 Å². The largest absolute Gasteiger partial charge is 0.290 e. The van der Waals surface area contributed by atoms with Crippen molar-refractivity contribution in [2.75, 3.05) is 0 Å². The molecule has 0 spiro atoms. The topological polar surface area (TPSA) is 93.1 Å². The SMILES string of the molecule is CCn1nc(C(=O)NNC(=O)/C=C/c2ccccc2)c2ccccc2c1=O. The van der Waals surface area contributed by atoms with Crippen LogP contribution in [0.5, 0.6) is 0 Å². The minimum atomic E-state index is -0.602. The van der Waals surface area contributed by atoms with E-state index < -0.39 is 11.8 Å². The molecule has 2 amide bonds. The molecule has 1 heterocycles. The van der Waals surface area contributed by atoms with Crippen molar-refractivity contribution in [1.29, 1.82) is 0 Å². The molecule has 7 nitrogen and oxygen atoms in total. The summed E-state index contributed by atoms with van der Waals surface area (Å²) in [6, 6.07) is 16.0. The van der Waals surface area contributed by atoms with Crippen molar-refractivity contribution in [3.8, 4) is 0 Å². The predicted molar refractivity (Wildman–Crippen MR) is 103 cm³/mol. The second kappa shape index (κ2) is 8.09. The summed E-state index contributed by atoms with van der Waals surface area (Å²) >= 11 is 0. The van der Waals surface area contributed by atoms with Gasteiger partial charge in [0.1, 0.15) is 0 Å². The molecule has 0 radical (unpaired) electrons. The molecule has 0 saturated carbocycles. The second-order valence-electron chi connectivity index (χ2n) is 5.70. The van der Waals surface area contributed by atoms with E-state index in [0.717, 1.165) is 5.56 Å². The zero-order valence-electron chi connectivity index (χ0n) is 14.7. The van der Waals surface area contributed by atoms with Crippen LogP contribution in [-0.4, -0.2) is 21.6 Å². The van der Waals surface area contributed by atoms with Crippen molar-refractivity contribution in [1.82, 2.24) is 20.6 Å². The standard InChI is InChI=1S/C20H18N4O3/c1-2-24-20(27)16-11-7-6-10-15(16)18(23-24)19(26)22-21-17(25)13-12-14-8-4-3-5-9-14/h3-13H,2H2,1H3,(H,21,25)(H,22,26)/b13-12+.